The third-order valence-electron chi connectivity index (χ3n) is 3.49. The molecule has 1 heterocycles. The lowest BCUT2D eigenvalue weighted by atomic mass is 10.3. The van der Waals surface area contributed by atoms with Crippen molar-refractivity contribution >= 4 is 11.0 Å². The molecule has 0 radical (unpaired) electrons. The van der Waals surface area contributed by atoms with Gasteiger partial charge in [-0.3, -0.25) is 0 Å². The van der Waals surface area contributed by atoms with Crippen molar-refractivity contribution in [3.05, 3.63) is 24.0 Å². The summed E-state index contributed by atoms with van der Waals surface area (Å²) in [5.74, 6) is 2.04. The molecule has 1 aliphatic carbocycles. The summed E-state index contributed by atoms with van der Waals surface area (Å²) in [6.45, 7) is 0.719. The number of nitrogens with two attached hydrogens (primary N) is 1. The third kappa shape index (κ3) is 1.97. The van der Waals surface area contributed by atoms with E-state index in [9.17, 15) is 0 Å². The Hall–Kier alpha value is -1.55. The number of aromatic nitrogens is 2. The van der Waals surface area contributed by atoms with E-state index in [1.54, 1.807) is 7.11 Å². The Morgan fingerprint density at radius 1 is 1.44 bits per heavy atom. The number of aryl methyl sites for hydroxylation is 1. The molecule has 1 aromatic carbocycles. The number of hydrogen-bond acceptors (Lipinski definition) is 3. The summed E-state index contributed by atoms with van der Waals surface area (Å²) in [5, 5.41) is 0. The summed E-state index contributed by atoms with van der Waals surface area (Å²) in [6, 6.07) is 6.79. The predicted molar refractivity (Wildman–Crippen MR) is 71.9 cm³/mol. The minimum Gasteiger partial charge on any atom is -0.497 e. The summed E-state index contributed by atoms with van der Waals surface area (Å²) >= 11 is 0. The van der Waals surface area contributed by atoms with Crippen LogP contribution in [0.2, 0.25) is 0 Å². The normalized spacial score (nSPS) is 15.2. The van der Waals surface area contributed by atoms with Gasteiger partial charge in [-0.05, 0) is 37.9 Å². The van der Waals surface area contributed by atoms with Gasteiger partial charge in [0.1, 0.15) is 11.6 Å². The first kappa shape index (κ1) is 11.5. The molecule has 4 heteroatoms. The molecule has 0 aliphatic heterocycles. The zero-order valence-corrected chi connectivity index (χ0v) is 10.7. The van der Waals surface area contributed by atoms with Crippen molar-refractivity contribution in [1.82, 2.24) is 9.55 Å². The molecule has 1 fully saturated rings. The van der Waals surface area contributed by atoms with Gasteiger partial charge in [-0.2, -0.15) is 0 Å². The standard InChI is InChI=1S/C14H19N3O/c1-18-11-6-7-13-12(9-11)16-14(3-2-8-15)17(13)10-4-5-10/h6-7,9-10H,2-5,8,15H2,1H3. The van der Waals surface area contributed by atoms with E-state index in [2.05, 4.69) is 10.6 Å². The maximum atomic E-state index is 5.60. The highest BCUT2D eigenvalue weighted by atomic mass is 16.5. The highest BCUT2D eigenvalue weighted by Gasteiger charge is 2.27. The molecule has 1 saturated carbocycles. The van der Waals surface area contributed by atoms with Crippen LogP contribution in [0.25, 0.3) is 11.0 Å². The molecule has 3 rings (SSSR count). The number of ether oxygens (including phenoxy) is 1. The molecule has 2 aromatic rings. The van der Waals surface area contributed by atoms with Gasteiger partial charge >= 0.3 is 0 Å². The molecule has 0 bridgehead atoms. The third-order valence-corrected chi connectivity index (χ3v) is 3.49. The number of imidazole rings is 1. The van der Waals surface area contributed by atoms with Crippen molar-refractivity contribution in [2.24, 2.45) is 5.73 Å². The summed E-state index contributed by atoms with van der Waals surface area (Å²) in [4.78, 5) is 4.75. The molecule has 0 unspecified atom stereocenters. The summed E-state index contributed by atoms with van der Waals surface area (Å²) in [5.41, 5.74) is 7.86. The first-order chi connectivity index (χ1) is 8.83. The van der Waals surface area contributed by atoms with Crippen LogP contribution < -0.4 is 10.5 Å². The number of methoxy groups -OCH3 is 1. The van der Waals surface area contributed by atoms with Crippen LogP contribution in [0.1, 0.15) is 31.1 Å². The minimum atomic E-state index is 0.649. The summed E-state index contributed by atoms with van der Waals surface area (Å²) in [6.07, 6.45) is 4.50. The fraction of sp³-hybridized carbons (Fsp3) is 0.500. The number of fused-ring (bicyclic) bond motifs is 1. The number of benzene rings is 1. The molecule has 18 heavy (non-hydrogen) atoms. The van der Waals surface area contributed by atoms with Crippen LogP contribution >= 0.6 is 0 Å². The SMILES string of the molecule is COc1ccc2c(c1)nc(CCCN)n2C1CC1. The Balaban J connectivity index is 2.06. The second-order valence-electron chi connectivity index (χ2n) is 4.88. The molecule has 96 valence electrons. The zero-order chi connectivity index (χ0) is 12.5. The molecule has 1 aromatic heterocycles. The molecule has 0 amide bonds. The first-order valence-electron chi connectivity index (χ1n) is 6.58. The monoisotopic (exact) mass is 245 g/mol. The molecule has 0 atom stereocenters. The van der Waals surface area contributed by atoms with E-state index in [1.165, 1.54) is 24.2 Å². The van der Waals surface area contributed by atoms with Crippen LogP contribution in [0.15, 0.2) is 18.2 Å². The van der Waals surface area contributed by atoms with E-state index in [0.717, 1.165) is 30.7 Å². The van der Waals surface area contributed by atoms with Gasteiger partial charge in [-0.25, -0.2) is 4.98 Å². The average Bonchev–Trinajstić information content (AvgIpc) is 3.16. The van der Waals surface area contributed by atoms with Crippen molar-refractivity contribution in [2.75, 3.05) is 13.7 Å². The predicted octanol–water partition coefficient (Wildman–Crippen LogP) is 2.27. The highest BCUT2D eigenvalue weighted by molar-refractivity contribution is 5.78. The number of rotatable bonds is 5. The average molecular weight is 245 g/mol. The summed E-state index contributed by atoms with van der Waals surface area (Å²) < 4.78 is 7.65. The van der Waals surface area contributed by atoms with Gasteiger partial charge in [-0.1, -0.05) is 0 Å². The smallest absolute Gasteiger partial charge is 0.121 e. The van der Waals surface area contributed by atoms with E-state index in [0.29, 0.717) is 6.04 Å². The first-order valence-corrected chi connectivity index (χ1v) is 6.58. The molecular weight excluding hydrogens is 226 g/mol. The van der Waals surface area contributed by atoms with Gasteiger partial charge in [0.2, 0.25) is 0 Å². The lowest BCUT2D eigenvalue weighted by molar-refractivity contribution is 0.415. The zero-order valence-electron chi connectivity index (χ0n) is 10.7. The quantitative estimate of drug-likeness (QED) is 0.879. The van der Waals surface area contributed by atoms with Crippen molar-refractivity contribution in [3.8, 4) is 5.75 Å². The van der Waals surface area contributed by atoms with Crippen molar-refractivity contribution in [3.63, 3.8) is 0 Å². The van der Waals surface area contributed by atoms with E-state index in [1.807, 2.05) is 12.1 Å². The van der Waals surface area contributed by atoms with Gasteiger partial charge in [0.15, 0.2) is 0 Å². The van der Waals surface area contributed by atoms with Crippen LogP contribution in [-0.2, 0) is 6.42 Å². The molecule has 4 nitrogen and oxygen atoms in total. The topological polar surface area (TPSA) is 53.1 Å². The lowest BCUT2D eigenvalue weighted by Crippen LogP contribution is -2.06. The number of nitrogens with zero attached hydrogens (tertiary/aromatic N) is 2. The van der Waals surface area contributed by atoms with Crippen LogP contribution in [0.5, 0.6) is 5.75 Å². The lowest BCUT2D eigenvalue weighted by Gasteiger charge is -2.07. The fourth-order valence-electron chi connectivity index (χ4n) is 2.43. The fourth-order valence-corrected chi connectivity index (χ4v) is 2.43. The Morgan fingerprint density at radius 2 is 2.28 bits per heavy atom. The second-order valence-corrected chi connectivity index (χ2v) is 4.88. The van der Waals surface area contributed by atoms with Gasteiger partial charge < -0.3 is 15.0 Å². The van der Waals surface area contributed by atoms with E-state index in [4.69, 9.17) is 15.5 Å². The van der Waals surface area contributed by atoms with Crippen LogP contribution in [0, 0.1) is 0 Å². The van der Waals surface area contributed by atoms with Crippen LogP contribution in [0.3, 0.4) is 0 Å². The molecule has 0 saturated heterocycles. The molecular formula is C14H19N3O. The van der Waals surface area contributed by atoms with Gasteiger partial charge in [-0.15, -0.1) is 0 Å². The highest BCUT2D eigenvalue weighted by Crippen LogP contribution is 2.39. The van der Waals surface area contributed by atoms with Gasteiger partial charge in [0.05, 0.1) is 18.1 Å². The Morgan fingerprint density at radius 3 is 2.94 bits per heavy atom. The minimum absolute atomic E-state index is 0.649. The maximum absolute atomic E-state index is 5.60. The maximum Gasteiger partial charge on any atom is 0.121 e. The van der Waals surface area contributed by atoms with Crippen molar-refractivity contribution in [2.45, 2.75) is 31.7 Å². The van der Waals surface area contributed by atoms with Crippen molar-refractivity contribution < 1.29 is 4.74 Å². The van der Waals surface area contributed by atoms with E-state index >= 15 is 0 Å². The van der Waals surface area contributed by atoms with Crippen LogP contribution in [-0.4, -0.2) is 23.2 Å². The van der Waals surface area contributed by atoms with E-state index in [-0.39, 0.29) is 0 Å². The summed E-state index contributed by atoms with van der Waals surface area (Å²) in [7, 11) is 1.69. The molecule has 2 N–H and O–H groups in total. The Kier molecular flexibility index (Phi) is 2.96. The van der Waals surface area contributed by atoms with Gasteiger partial charge in [0.25, 0.3) is 0 Å². The number of hydrogen-bond donors (Lipinski definition) is 1. The van der Waals surface area contributed by atoms with Crippen molar-refractivity contribution in [1.29, 1.82) is 0 Å². The van der Waals surface area contributed by atoms with Gasteiger partial charge in [0, 0.05) is 18.5 Å². The molecule has 1 aliphatic rings. The molecule has 0 spiro atoms. The Bertz CT molecular complexity index is 557. The second kappa shape index (κ2) is 4.61. The van der Waals surface area contributed by atoms with E-state index < -0.39 is 0 Å². The van der Waals surface area contributed by atoms with Crippen LogP contribution in [0.4, 0.5) is 0 Å². The largest absolute Gasteiger partial charge is 0.497 e. The Labute approximate surface area is 107 Å².